The molecule has 0 saturated heterocycles. The third-order valence-corrected chi connectivity index (χ3v) is 3.11. The maximum Gasteiger partial charge on any atom is 0.221 e. The molecule has 1 aromatic rings. The van der Waals surface area contributed by atoms with E-state index in [1.807, 2.05) is 25.8 Å². The zero-order valence-electron chi connectivity index (χ0n) is 12.7. The molecular formula is C15H24FN3O. The summed E-state index contributed by atoms with van der Waals surface area (Å²) in [6.07, 6.45) is 0.418. The van der Waals surface area contributed by atoms with Gasteiger partial charge in [-0.3, -0.25) is 4.79 Å². The van der Waals surface area contributed by atoms with E-state index in [2.05, 4.69) is 10.6 Å². The molecule has 0 radical (unpaired) electrons. The Balaban J connectivity index is 2.78. The van der Waals surface area contributed by atoms with Gasteiger partial charge in [-0.2, -0.15) is 0 Å². The minimum absolute atomic E-state index is 0.000757. The average Bonchev–Trinajstić information content (AvgIpc) is 2.42. The number of rotatable bonds is 7. The van der Waals surface area contributed by atoms with Crippen LogP contribution in [0.3, 0.4) is 0 Å². The van der Waals surface area contributed by atoms with E-state index in [4.69, 9.17) is 0 Å². The second-order valence-electron chi connectivity index (χ2n) is 5.15. The van der Waals surface area contributed by atoms with Gasteiger partial charge in [0.15, 0.2) is 0 Å². The Hall–Kier alpha value is -1.62. The first-order chi connectivity index (χ1) is 9.43. The van der Waals surface area contributed by atoms with Crippen LogP contribution < -0.4 is 15.5 Å². The van der Waals surface area contributed by atoms with Crippen LogP contribution in [0.15, 0.2) is 18.2 Å². The summed E-state index contributed by atoms with van der Waals surface area (Å²) in [6.45, 7) is 5.30. The van der Waals surface area contributed by atoms with E-state index in [1.54, 1.807) is 19.2 Å². The highest BCUT2D eigenvalue weighted by atomic mass is 19.1. The Morgan fingerprint density at radius 3 is 2.70 bits per heavy atom. The number of nitrogens with one attached hydrogen (secondary N) is 2. The second kappa shape index (κ2) is 7.85. The van der Waals surface area contributed by atoms with Crippen molar-refractivity contribution in [1.82, 2.24) is 10.6 Å². The Labute approximate surface area is 120 Å². The zero-order chi connectivity index (χ0) is 15.1. The zero-order valence-corrected chi connectivity index (χ0v) is 12.7. The van der Waals surface area contributed by atoms with Gasteiger partial charge in [0.25, 0.3) is 0 Å². The highest BCUT2D eigenvalue weighted by Gasteiger charge is 2.10. The van der Waals surface area contributed by atoms with Crippen molar-refractivity contribution in [3.63, 3.8) is 0 Å². The van der Waals surface area contributed by atoms with E-state index in [0.29, 0.717) is 25.6 Å². The van der Waals surface area contributed by atoms with E-state index in [-0.39, 0.29) is 11.7 Å². The predicted octanol–water partition coefficient (Wildman–Crippen LogP) is 1.90. The number of halogens is 1. The van der Waals surface area contributed by atoms with E-state index in [1.165, 1.54) is 6.07 Å². The normalized spacial score (nSPS) is 10.7. The standard InChI is InChI=1S/C15H24FN3O/c1-11(2)18-10-12-9-13(16)5-6-14(12)19(4)8-7-15(20)17-3/h5-6,9,11,18H,7-8,10H2,1-4H3,(H,17,20). The van der Waals surface area contributed by atoms with Gasteiger partial charge in [0, 0.05) is 45.3 Å². The quantitative estimate of drug-likeness (QED) is 0.802. The molecule has 0 aromatic heterocycles. The molecule has 112 valence electrons. The summed E-state index contributed by atoms with van der Waals surface area (Å²) in [4.78, 5) is 13.3. The fourth-order valence-corrected chi connectivity index (χ4v) is 1.90. The first-order valence-corrected chi connectivity index (χ1v) is 6.87. The third-order valence-electron chi connectivity index (χ3n) is 3.11. The van der Waals surface area contributed by atoms with Crippen molar-refractivity contribution < 1.29 is 9.18 Å². The van der Waals surface area contributed by atoms with Gasteiger partial charge in [0.2, 0.25) is 5.91 Å². The molecule has 0 unspecified atom stereocenters. The third kappa shape index (κ3) is 5.17. The second-order valence-corrected chi connectivity index (χ2v) is 5.15. The van der Waals surface area contributed by atoms with Gasteiger partial charge in [-0.05, 0) is 23.8 Å². The van der Waals surface area contributed by atoms with Crippen LogP contribution in [0.1, 0.15) is 25.8 Å². The highest BCUT2D eigenvalue weighted by molar-refractivity contribution is 5.76. The Morgan fingerprint density at radius 2 is 2.10 bits per heavy atom. The maximum atomic E-state index is 13.4. The Bertz CT molecular complexity index is 449. The molecule has 0 spiro atoms. The lowest BCUT2D eigenvalue weighted by Gasteiger charge is -2.23. The lowest BCUT2D eigenvalue weighted by atomic mass is 10.1. The molecule has 0 saturated carbocycles. The molecule has 1 rings (SSSR count). The number of carbonyl (C=O) groups excluding carboxylic acids is 1. The molecule has 0 aliphatic heterocycles. The van der Waals surface area contributed by atoms with E-state index >= 15 is 0 Å². The van der Waals surface area contributed by atoms with Crippen molar-refractivity contribution in [2.45, 2.75) is 32.9 Å². The van der Waals surface area contributed by atoms with E-state index < -0.39 is 0 Å². The summed E-state index contributed by atoms with van der Waals surface area (Å²) >= 11 is 0. The summed E-state index contributed by atoms with van der Waals surface area (Å²) < 4.78 is 13.4. The van der Waals surface area contributed by atoms with Crippen LogP contribution in [-0.2, 0) is 11.3 Å². The van der Waals surface area contributed by atoms with Crippen LogP contribution in [0.2, 0.25) is 0 Å². The van der Waals surface area contributed by atoms with Crippen LogP contribution >= 0.6 is 0 Å². The molecular weight excluding hydrogens is 257 g/mol. The largest absolute Gasteiger partial charge is 0.374 e. The van der Waals surface area contributed by atoms with Crippen LogP contribution in [0.5, 0.6) is 0 Å². The topological polar surface area (TPSA) is 44.4 Å². The minimum atomic E-state index is -0.242. The summed E-state index contributed by atoms with van der Waals surface area (Å²) in [5, 5.41) is 5.89. The fraction of sp³-hybridized carbons (Fsp3) is 0.533. The number of anilines is 1. The summed E-state index contributed by atoms with van der Waals surface area (Å²) in [5.74, 6) is -0.241. The van der Waals surface area contributed by atoms with Crippen LogP contribution in [-0.4, -0.2) is 32.6 Å². The first kappa shape index (κ1) is 16.4. The number of carbonyl (C=O) groups is 1. The summed E-state index contributed by atoms with van der Waals surface area (Å²) in [6, 6.07) is 5.09. The van der Waals surface area contributed by atoms with E-state index in [9.17, 15) is 9.18 Å². The lowest BCUT2D eigenvalue weighted by Crippen LogP contribution is -2.28. The number of benzene rings is 1. The van der Waals surface area contributed by atoms with Crippen molar-refractivity contribution in [3.05, 3.63) is 29.6 Å². The molecule has 0 fully saturated rings. The van der Waals surface area contributed by atoms with Crippen LogP contribution in [0.25, 0.3) is 0 Å². The van der Waals surface area contributed by atoms with Crippen molar-refractivity contribution in [2.24, 2.45) is 0 Å². The number of hydrogen-bond acceptors (Lipinski definition) is 3. The van der Waals surface area contributed by atoms with Crippen molar-refractivity contribution in [1.29, 1.82) is 0 Å². The first-order valence-electron chi connectivity index (χ1n) is 6.87. The van der Waals surface area contributed by atoms with Gasteiger partial charge in [-0.25, -0.2) is 4.39 Å². The Kier molecular flexibility index (Phi) is 6.45. The van der Waals surface area contributed by atoms with Gasteiger partial charge in [0.1, 0.15) is 5.82 Å². The molecule has 4 nitrogen and oxygen atoms in total. The molecule has 0 atom stereocenters. The molecule has 0 bridgehead atoms. The molecule has 2 N–H and O–H groups in total. The number of hydrogen-bond donors (Lipinski definition) is 2. The van der Waals surface area contributed by atoms with Gasteiger partial charge in [-0.1, -0.05) is 13.8 Å². The number of amides is 1. The van der Waals surface area contributed by atoms with Gasteiger partial charge in [-0.15, -0.1) is 0 Å². The monoisotopic (exact) mass is 281 g/mol. The van der Waals surface area contributed by atoms with Crippen LogP contribution in [0, 0.1) is 5.82 Å². The summed E-state index contributed by atoms with van der Waals surface area (Å²) in [5.41, 5.74) is 1.85. The molecule has 0 heterocycles. The molecule has 0 aliphatic rings. The summed E-state index contributed by atoms with van der Waals surface area (Å²) in [7, 11) is 3.53. The van der Waals surface area contributed by atoms with Gasteiger partial charge < -0.3 is 15.5 Å². The maximum absolute atomic E-state index is 13.4. The Morgan fingerprint density at radius 1 is 1.40 bits per heavy atom. The van der Waals surface area contributed by atoms with E-state index in [0.717, 1.165) is 11.3 Å². The average molecular weight is 281 g/mol. The molecule has 1 amide bonds. The van der Waals surface area contributed by atoms with Crippen molar-refractivity contribution >= 4 is 11.6 Å². The predicted molar refractivity (Wildman–Crippen MR) is 80.3 cm³/mol. The fourth-order valence-electron chi connectivity index (χ4n) is 1.90. The SMILES string of the molecule is CNC(=O)CCN(C)c1ccc(F)cc1CNC(C)C. The highest BCUT2D eigenvalue weighted by Crippen LogP contribution is 2.21. The molecule has 0 aliphatic carbocycles. The van der Waals surface area contributed by atoms with Gasteiger partial charge in [0.05, 0.1) is 0 Å². The van der Waals surface area contributed by atoms with Gasteiger partial charge >= 0.3 is 0 Å². The van der Waals surface area contributed by atoms with Crippen molar-refractivity contribution in [2.75, 3.05) is 25.5 Å². The smallest absolute Gasteiger partial charge is 0.221 e. The molecule has 20 heavy (non-hydrogen) atoms. The van der Waals surface area contributed by atoms with Crippen LogP contribution in [0.4, 0.5) is 10.1 Å². The molecule has 5 heteroatoms. The van der Waals surface area contributed by atoms with Crippen molar-refractivity contribution in [3.8, 4) is 0 Å². The lowest BCUT2D eigenvalue weighted by molar-refractivity contribution is -0.120. The minimum Gasteiger partial charge on any atom is -0.374 e. The number of nitrogens with zero attached hydrogens (tertiary/aromatic N) is 1. The molecule has 1 aromatic carbocycles.